The van der Waals surface area contributed by atoms with E-state index in [9.17, 15) is 13.2 Å². The molecule has 0 spiro atoms. The van der Waals surface area contributed by atoms with Crippen LogP contribution in [0.4, 0.5) is 13.2 Å². The molecule has 0 heterocycles. The molecule has 0 aliphatic carbocycles. The molecular formula is C10H10BrF3. The molecule has 0 fully saturated rings. The van der Waals surface area contributed by atoms with Gasteiger partial charge in [-0.05, 0) is 17.5 Å². The van der Waals surface area contributed by atoms with Gasteiger partial charge in [0.2, 0.25) is 0 Å². The van der Waals surface area contributed by atoms with E-state index in [1.54, 1.807) is 19.9 Å². The molecular weight excluding hydrogens is 257 g/mol. The maximum Gasteiger partial charge on any atom is 0.417 e. The van der Waals surface area contributed by atoms with Gasteiger partial charge in [0, 0.05) is 4.47 Å². The van der Waals surface area contributed by atoms with Crippen molar-refractivity contribution in [3.05, 3.63) is 33.8 Å². The maximum absolute atomic E-state index is 12.6. The lowest BCUT2D eigenvalue weighted by atomic mass is 9.97. The van der Waals surface area contributed by atoms with Gasteiger partial charge in [0.1, 0.15) is 0 Å². The fourth-order valence-electron chi connectivity index (χ4n) is 1.32. The Hall–Kier alpha value is -0.510. The molecule has 0 aliphatic rings. The van der Waals surface area contributed by atoms with Crippen molar-refractivity contribution < 1.29 is 13.2 Å². The molecule has 0 atom stereocenters. The van der Waals surface area contributed by atoms with Gasteiger partial charge in [-0.15, -0.1) is 0 Å². The zero-order valence-corrected chi connectivity index (χ0v) is 9.41. The third-order valence-electron chi connectivity index (χ3n) is 1.95. The van der Waals surface area contributed by atoms with Crippen molar-refractivity contribution in [3.63, 3.8) is 0 Å². The zero-order chi connectivity index (χ0) is 10.9. The summed E-state index contributed by atoms with van der Waals surface area (Å²) in [5, 5.41) is 0. The summed E-state index contributed by atoms with van der Waals surface area (Å²) in [6.07, 6.45) is -4.29. The van der Waals surface area contributed by atoms with Crippen LogP contribution in [0.2, 0.25) is 0 Å². The molecule has 0 amide bonds. The molecule has 0 aromatic heterocycles. The predicted octanol–water partition coefficient (Wildman–Crippen LogP) is 4.59. The van der Waals surface area contributed by atoms with Gasteiger partial charge in [0.25, 0.3) is 0 Å². The number of hydrogen-bond donors (Lipinski definition) is 0. The van der Waals surface area contributed by atoms with Crippen LogP contribution >= 0.6 is 15.9 Å². The van der Waals surface area contributed by atoms with E-state index >= 15 is 0 Å². The predicted molar refractivity (Wildman–Crippen MR) is 53.2 cm³/mol. The highest BCUT2D eigenvalue weighted by atomic mass is 79.9. The van der Waals surface area contributed by atoms with Crippen LogP contribution in [0.1, 0.15) is 30.9 Å². The number of hydrogen-bond acceptors (Lipinski definition) is 0. The molecule has 14 heavy (non-hydrogen) atoms. The molecule has 1 aromatic carbocycles. The van der Waals surface area contributed by atoms with Gasteiger partial charge in [0.15, 0.2) is 0 Å². The Morgan fingerprint density at radius 2 is 1.79 bits per heavy atom. The summed E-state index contributed by atoms with van der Waals surface area (Å²) in [5.74, 6) is -0.135. The van der Waals surface area contributed by atoms with Crippen LogP contribution in [-0.2, 0) is 6.18 Å². The number of alkyl halides is 3. The van der Waals surface area contributed by atoms with E-state index < -0.39 is 11.7 Å². The quantitative estimate of drug-likeness (QED) is 0.698. The van der Waals surface area contributed by atoms with Crippen molar-refractivity contribution in [3.8, 4) is 0 Å². The van der Waals surface area contributed by atoms with Gasteiger partial charge in [-0.1, -0.05) is 41.9 Å². The van der Waals surface area contributed by atoms with Gasteiger partial charge < -0.3 is 0 Å². The first kappa shape index (κ1) is 11.6. The maximum atomic E-state index is 12.6. The van der Waals surface area contributed by atoms with Gasteiger partial charge in [0.05, 0.1) is 5.56 Å². The van der Waals surface area contributed by atoms with E-state index in [4.69, 9.17) is 0 Å². The van der Waals surface area contributed by atoms with Crippen LogP contribution in [-0.4, -0.2) is 0 Å². The minimum absolute atomic E-state index is 0.108. The third kappa shape index (κ3) is 2.29. The normalized spacial score (nSPS) is 12.2. The minimum atomic E-state index is -4.29. The zero-order valence-electron chi connectivity index (χ0n) is 7.82. The van der Waals surface area contributed by atoms with Gasteiger partial charge >= 0.3 is 6.18 Å². The SMILES string of the molecule is CC(C)c1cccc(Br)c1C(F)(F)F. The summed E-state index contributed by atoms with van der Waals surface area (Å²) < 4.78 is 38.0. The Labute approximate surface area is 89.3 Å². The van der Waals surface area contributed by atoms with Crippen molar-refractivity contribution in [2.45, 2.75) is 25.9 Å². The van der Waals surface area contributed by atoms with Crippen LogP contribution in [0.15, 0.2) is 22.7 Å². The lowest BCUT2D eigenvalue weighted by molar-refractivity contribution is -0.138. The van der Waals surface area contributed by atoms with Crippen molar-refractivity contribution in [1.29, 1.82) is 0 Å². The molecule has 1 rings (SSSR count). The second-order valence-corrected chi connectivity index (χ2v) is 4.21. The van der Waals surface area contributed by atoms with E-state index in [2.05, 4.69) is 15.9 Å². The summed E-state index contributed by atoms with van der Waals surface area (Å²) in [5.41, 5.74) is -0.234. The Morgan fingerprint density at radius 1 is 1.21 bits per heavy atom. The lowest BCUT2D eigenvalue weighted by Crippen LogP contribution is -2.11. The van der Waals surface area contributed by atoms with E-state index in [0.29, 0.717) is 5.56 Å². The fraction of sp³-hybridized carbons (Fsp3) is 0.400. The highest BCUT2D eigenvalue weighted by Gasteiger charge is 2.35. The monoisotopic (exact) mass is 266 g/mol. The van der Waals surface area contributed by atoms with Crippen molar-refractivity contribution >= 4 is 15.9 Å². The van der Waals surface area contributed by atoms with Gasteiger partial charge in [-0.2, -0.15) is 13.2 Å². The highest BCUT2D eigenvalue weighted by molar-refractivity contribution is 9.10. The molecule has 0 nitrogen and oxygen atoms in total. The topological polar surface area (TPSA) is 0 Å². The van der Waals surface area contributed by atoms with Crippen LogP contribution in [0.5, 0.6) is 0 Å². The van der Waals surface area contributed by atoms with Crippen LogP contribution in [0.3, 0.4) is 0 Å². The minimum Gasteiger partial charge on any atom is -0.166 e. The average molecular weight is 267 g/mol. The standard InChI is InChI=1S/C10H10BrF3/c1-6(2)7-4-3-5-8(11)9(7)10(12,13)14/h3-6H,1-2H3. The largest absolute Gasteiger partial charge is 0.417 e. The highest BCUT2D eigenvalue weighted by Crippen LogP contribution is 2.39. The van der Waals surface area contributed by atoms with Crippen molar-refractivity contribution in [2.75, 3.05) is 0 Å². The fourth-order valence-corrected chi connectivity index (χ4v) is 1.93. The smallest absolute Gasteiger partial charge is 0.166 e. The number of rotatable bonds is 1. The second kappa shape index (κ2) is 3.93. The summed E-state index contributed by atoms with van der Waals surface area (Å²) >= 11 is 2.93. The molecule has 1 aromatic rings. The summed E-state index contributed by atoms with van der Waals surface area (Å²) in [6, 6.07) is 4.54. The number of benzene rings is 1. The van der Waals surface area contributed by atoms with E-state index in [0.717, 1.165) is 0 Å². The molecule has 4 heteroatoms. The van der Waals surface area contributed by atoms with Crippen LogP contribution in [0.25, 0.3) is 0 Å². The number of halogens is 4. The van der Waals surface area contributed by atoms with E-state index in [-0.39, 0.29) is 10.4 Å². The first-order chi connectivity index (χ1) is 6.34. The molecule has 78 valence electrons. The van der Waals surface area contributed by atoms with E-state index in [1.807, 2.05) is 0 Å². The van der Waals surface area contributed by atoms with Crippen LogP contribution < -0.4 is 0 Å². The molecule has 0 unspecified atom stereocenters. The summed E-state index contributed by atoms with van der Waals surface area (Å²) in [7, 11) is 0. The summed E-state index contributed by atoms with van der Waals surface area (Å²) in [4.78, 5) is 0. The molecule has 0 saturated carbocycles. The molecule has 0 bridgehead atoms. The van der Waals surface area contributed by atoms with Gasteiger partial charge in [-0.3, -0.25) is 0 Å². The molecule has 0 radical (unpaired) electrons. The Balaban J connectivity index is 3.38. The van der Waals surface area contributed by atoms with Crippen molar-refractivity contribution in [1.82, 2.24) is 0 Å². The molecule has 0 N–H and O–H groups in total. The first-order valence-corrected chi connectivity index (χ1v) is 4.99. The Kier molecular flexibility index (Phi) is 3.24. The van der Waals surface area contributed by atoms with Crippen molar-refractivity contribution in [2.24, 2.45) is 0 Å². The average Bonchev–Trinajstić information content (AvgIpc) is 2.01. The lowest BCUT2D eigenvalue weighted by Gasteiger charge is -2.16. The first-order valence-electron chi connectivity index (χ1n) is 4.19. The van der Waals surface area contributed by atoms with E-state index in [1.165, 1.54) is 12.1 Å². The second-order valence-electron chi connectivity index (χ2n) is 3.36. The van der Waals surface area contributed by atoms with Crippen LogP contribution in [0, 0.1) is 0 Å². The summed E-state index contributed by atoms with van der Waals surface area (Å²) in [6.45, 7) is 3.49. The molecule has 0 saturated heterocycles. The third-order valence-corrected chi connectivity index (χ3v) is 2.61. The molecule has 0 aliphatic heterocycles. The Morgan fingerprint density at radius 3 is 2.14 bits per heavy atom. The Bertz CT molecular complexity index is 329. The van der Waals surface area contributed by atoms with Gasteiger partial charge in [-0.25, -0.2) is 0 Å².